The van der Waals surface area contributed by atoms with Crippen molar-refractivity contribution in [3.63, 3.8) is 0 Å². The van der Waals surface area contributed by atoms with Crippen LogP contribution in [0.1, 0.15) is 47.2 Å². The topological polar surface area (TPSA) is 16.4 Å². The molecule has 10 aromatic carbocycles. The van der Waals surface area contributed by atoms with Crippen LogP contribution in [0.15, 0.2) is 229 Å². The van der Waals surface area contributed by atoms with Crippen LogP contribution in [0.3, 0.4) is 0 Å². The minimum absolute atomic E-state index is 0.146. The second-order valence-electron chi connectivity index (χ2n) is 18.0. The minimum atomic E-state index is -0.578. The molecule has 2 heteroatoms. The van der Waals surface area contributed by atoms with Crippen LogP contribution in [-0.4, -0.2) is 0 Å². The van der Waals surface area contributed by atoms with Gasteiger partial charge < -0.3 is 9.32 Å². The van der Waals surface area contributed by atoms with Gasteiger partial charge in [-0.15, -0.1) is 0 Å². The Morgan fingerprint density at radius 1 is 0.391 bits per heavy atom. The van der Waals surface area contributed by atoms with Gasteiger partial charge in [-0.1, -0.05) is 196 Å². The monoisotopic (exact) mass is 817 g/mol. The fourth-order valence-corrected chi connectivity index (χ4v) is 11.5. The van der Waals surface area contributed by atoms with E-state index in [-0.39, 0.29) is 5.41 Å². The SMILES string of the molecule is CC1(C)c2ccccc2-c2ccc(N(c3ccc(-c4ccccc4)cc3)c3cccc4oc5cc(C6(c7ccccc7)c7ccccc7-c7ccc8ccccc8c76)ccc5c34)cc21. The molecule has 1 heterocycles. The molecule has 1 atom stereocenters. The van der Waals surface area contributed by atoms with Gasteiger partial charge in [-0.2, -0.15) is 0 Å². The molecule has 302 valence electrons. The van der Waals surface area contributed by atoms with Crippen LogP contribution >= 0.6 is 0 Å². The number of rotatable bonds is 6. The number of fused-ring (bicyclic) bond motifs is 11. The number of benzene rings is 10. The Balaban J connectivity index is 1.04. The normalized spacial score (nSPS) is 15.5. The van der Waals surface area contributed by atoms with E-state index in [1.54, 1.807) is 0 Å². The lowest BCUT2D eigenvalue weighted by atomic mass is 9.66. The summed E-state index contributed by atoms with van der Waals surface area (Å²) in [6.45, 7) is 4.71. The quantitative estimate of drug-likeness (QED) is 0.166. The van der Waals surface area contributed by atoms with Gasteiger partial charge in [0.25, 0.3) is 0 Å². The molecule has 0 aliphatic heterocycles. The Morgan fingerprint density at radius 2 is 1.03 bits per heavy atom. The van der Waals surface area contributed by atoms with Crippen molar-refractivity contribution < 1.29 is 4.42 Å². The van der Waals surface area contributed by atoms with E-state index < -0.39 is 5.41 Å². The molecule has 0 fully saturated rings. The first-order valence-electron chi connectivity index (χ1n) is 22.3. The molecule has 11 aromatic rings. The van der Waals surface area contributed by atoms with Crippen molar-refractivity contribution in [3.8, 4) is 33.4 Å². The average molecular weight is 818 g/mol. The summed E-state index contributed by atoms with van der Waals surface area (Å²) in [5, 5.41) is 4.67. The van der Waals surface area contributed by atoms with Crippen LogP contribution in [0.2, 0.25) is 0 Å². The zero-order valence-electron chi connectivity index (χ0n) is 35.7. The molecular formula is C62H43NO. The highest BCUT2D eigenvalue weighted by Crippen LogP contribution is 2.59. The van der Waals surface area contributed by atoms with Gasteiger partial charge in [0.1, 0.15) is 11.2 Å². The average Bonchev–Trinajstić information content (AvgIpc) is 3.96. The van der Waals surface area contributed by atoms with Crippen molar-refractivity contribution in [1.82, 2.24) is 0 Å². The van der Waals surface area contributed by atoms with Gasteiger partial charge in [0.15, 0.2) is 0 Å². The highest BCUT2D eigenvalue weighted by molar-refractivity contribution is 6.14. The van der Waals surface area contributed by atoms with Crippen LogP contribution in [0.5, 0.6) is 0 Å². The zero-order valence-corrected chi connectivity index (χ0v) is 35.7. The van der Waals surface area contributed by atoms with E-state index in [2.05, 4.69) is 243 Å². The first kappa shape index (κ1) is 36.7. The molecule has 0 amide bonds. The van der Waals surface area contributed by atoms with Crippen LogP contribution in [0.25, 0.3) is 66.1 Å². The lowest BCUT2D eigenvalue weighted by molar-refractivity contribution is 0.660. The van der Waals surface area contributed by atoms with E-state index in [1.165, 1.54) is 77.5 Å². The number of hydrogen-bond acceptors (Lipinski definition) is 2. The Labute approximate surface area is 373 Å². The first-order chi connectivity index (χ1) is 31.5. The van der Waals surface area contributed by atoms with Gasteiger partial charge >= 0.3 is 0 Å². The van der Waals surface area contributed by atoms with Gasteiger partial charge in [0.05, 0.1) is 16.5 Å². The molecular weight excluding hydrogens is 775 g/mol. The van der Waals surface area contributed by atoms with Gasteiger partial charge in [-0.3, -0.25) is 0 Å². The van der Waals surface area contributed by atoms with E-state index in [9.17, 15) is 0 Å². The summed E-state index contributed by atoms with van der Waals surface area (Å²) in [7, 11) is 0. The van der Waals surface area contributed by atoms with Crippen molar-refractivity contribution >= 4 is 49.8 Å². The molecule has 0 spiro atoms. The number of anilines is 3. The third-order valence-electron chi connectivity index (χ3n) is 14.3. The molecule has 2 aliphatic rings. The summed E-state index contributed by atoms with van der Waals surface area (Å²) in [5.74, 6) is 0. The van der Waals surface area contributed by atoms with Crippen molar-refractivity contribution in [1.29, 1.82) is 0 Å². The van der Waals surface area contributed by atoms with Crippen LogP contribution in [-0.2, 0) is 10.8 Å². The fraction of sp³-hybridized carbons (Fsp3) is 0.0645. The molecule has 0 N–H and O–H groups in total. The van der Waals surface area contributed by atoms with E-state index in [4.69, 9.17) is 4.42 Å². The third-order valence-corrected chi connectivity index (χ3v) is 14.3. The molecule has 13 rings (SSSR count). The van der Waals surface area contributed by atoms with Crippen LogP contribution in [0.4, 0.5) is 17.1 Å². The molecule has 2 aliphatic carbocycles. The van der Waals surface area contributed by atoms with Crippen molar-refractivity contribution in [2.45, 2.75) is 24.7 Å². The lowest BCUT2D eigenvalue weighted by Gasteiger charge is -2.34. The van der Waals surface area contributed by atoms with E-state index in [0.29, 0.717) is 0 Å². The summed E-state index contributed by atoms with van der Waals surface area (Å²) in [5.41, 5.74) is 19.6. The van der Waals surface area contributed by atoms with E-state index >= 15 is 0 Å². The minimum Gasteiger partial charge on any atom is -0.456 e. The number of furan rings is 1. The highest BCUT2D eigenvalue weighted by Gasteiger charge is 2.47. The maximum atomic E-state index is 7.06. The molecule has 0 bridgehead atoms. The lowest BCUT2D eigenvalue weighted by Crippen LogP contribution is -2.28. The third kappa shape index (κ3) is 5.14. The summed E-state index contributed by atoms with van der Waals surface area (Å²) >= 11 is 0. The summed E-state index contributed by atoms with van der Waals surface area (Å²) in [6, 6.07) is 82.6. The standard InChI is InChI=1S/C62H43NO/c1-61(2)53-24-13-11-22-48(53)50-37-34-46(39-55(50)61)63(45-32-28-41(29-33-45)40-16-5-3-6-17-40)56-26-15-27-57-59(56)52-36-31-44(38-58(52)64-57)62(43-19-7-4-8-20-43)54-25-14-12-23-49(54)51-35-30-42-18-9-10-21-47(42)60(51)62/h3-39H,1-2H3. The number of nitrogens with zero attached hydrogens (tertiary/aromatic N) is 1. The fourth-order valence-electron chi connectivity index (χ4n) is 11.5. The number of hydrogen-bond donors (Lipinski definition) is 0. The van der Waals surface area contributed by atoms with Crippen LogP contribution < -0.4 is 4.90 Å². The highest BCUT2D eigenvalue weighted by atomic mass is 16.3. The maximum absolute atomic E-state index is 7.06. The van der Waals surface area contributed by atoms with Crippen LogP contribution in [0, 0.1) is 0 Å². The van der Waals surface area contributed by atoms with E-state index in [0.717, 1.165) is 39.0 Å². The first-order valence-corrected chi connectivity index (χ1v) is 22.3. The second-order valence-corrected chi connectivity index (χ2v) is 18.0. The van der Waals surface area contributed by atoms with Gasteiger partial charge in [-0.25, -0.2) is 0 Å². The van der Waals surface area contributed by atoms with Gasteiger partial charge in [0.2, 0.25) is 0 Å². The van der Waals surface area contributed by atoms with Crippen molar-refractivity contribution in [2.24, 2.45) is 0 Å². The predicted octanol–water partition coefficient (Wildman–Crippen LogP) is 16.5. The van der Waals surface area contributed by atoms with Gasteiger partial charge in [0, 0.05) is 22.2 Å². The summed E-state index contributed by atoms with van der Waals surface area (Å²) in [4.78, 5) is 2.43. The van der Waals surface area contributed by atoms with E-state index in [1.807, 2.05) is 0 Å². The second kappa shape index (κ2) is 13.8. The smallest absolute Gasteiger partial charge is 0.137 e. The largest absolute Gasteiger partial charge is 0.456 e. The molecule has 2 nitrogen and oxygen atoms in total. The molecule has 0 saturated carbocycles. The molecule has 1 unspecified atom stereocenters. The summed E-state index contributed by atoms with van der Waals surface area (Å²) in [6.07, 6.45) is 0. The maximum Gasteiger partial charge on any atom is 0.137 e. The predicted molar refractivity (Wildman–Crippen MR) is 266 cm³/mol. The Kier molecular flexibility index (Phi) is 7.90. The Morgan fingerprint density at radius 3 is 1.84 bits per heavy atom. The molecule has 0 saturated heterocycles. The zero-order chi connectivity index (χ0) is 42.6. The van der Waals surface area contributed by atoms with Gasteiger partial charge in [-0.05, 0) is 120 Å². The van der Waals surface area contributed by atoms with Crippen molar-refractivity contribution in [3.05, 3.63) is 258 Å². The Hall–Kier alpha value is -7.94. The molecule has 1 aromatic heterocycles. The summed E-state index contributed by atoms with van der Waals surface area (Å²) < 4.78 is 7.06. The van der Waals surface area contributed by atoms with Crippen molar-refractivity contribution in [2.75, 3.05) is 4.90 Å². The Bertz CT molecular complexity index is 3640. The molecule has 64 heavy (non-hydrogen) atoms. The molecule has 0 radical (unpaired) electrons.